The van der Waals surface area contributed by atoms with Crippen LogP contribution in [0, 0.1) is 5.92 Å². The fraction of sp³-hybridized carbons (Fsp3) is 0.300. The summed E-state index contributed by atoms with van der Waals surface area (Å²) in [5.41, 5.74) is 0.780. The number of nitrogens with zero attached hydrogens (tertiary/aromatic N) is 2. The van der Waals surface area contributed by atoms with Gasteiger partial charge in [-0.15, -0.1) is 22.7 Å². The first-order chi connectivity index (χ1) is 15.3. The van der Waals surface area contributed by atoms with E-state index in [1.807, 2.05) is 0 Å². The van der Waals surface area contributed by atoms with Crippen LogP contribution < -0.4 is 10.1 Å². The number of alkyl halides is 2. The minimum atomic E-state index is -3.62. The molecule has 1 unspecified atom stereocenters. The van der Waals surface area contributed by atoms with Gasteiger partial charge < -0.3 is 10.1 Å². The fourth-order valence-corrected chi connectivity index (χ4v) is 6.83. The summed E-state index contributed by atoms with van der Waals surface area (Å²) in [5, 5.41) is 6.37. The molecule has 0 aliphatic carbocycles. The first kappa shape index (κ1) is 22.8. The Morgan fingerprint density at radius 1 is 1.22 bits per heavy atom. The number of benzene rings is 1. The van der Waals surface area contributed by atoms with Crippen molar-refractivity contribution in [2.45, 2.75) is 23.7 Å². The van der Waals surface area contributed by atoms with Crippen molar-refractivity contribution in [1.82, 2.24) is 9.29 Å². The molecule has 1 atom stereocenters. The zero-order valence-corrected chi connectivity index (χ0v) is 19.1. The summed E-state index contributed by atoms with van der Waals surface area (Å²) in [6, 6.07) is 9.51. The first-order valence-electron chi connectivity index (χ1n) is 9.69. The summed E-state index contributed by atoms with van der Waals surface area (Å²) < 4.78 is 57.0. The Morgan fingerprint density at radius 2 is 2.03 bits per heavy atom. The number of piperidine rings is 1. The van der Waals surface area contributed by atoms with Gasteiger partial charge in [0, 0.05) is 24.0 Å². The number of thiophene rings is 1. The molecule has 1 N–H and O–H groups in total. The molecular formula is C20H19F2N3O4S3. The number of rotatable bonds is 7. The molecular weight excluding hydrogens is 480 g/mol. The largest absolute Gasteiger partial charge is 0.434 e. The van der Waals surface area contributed by atoms with Crippen molar-refractivity contribution in [2.75, 3.05) is 18.4 Å². The molecule has 1 saturated heterocycles. The van der Waals surface area contributed by atoms with E-state index in [2.05, 4.69) is 15.0 Å². The third kappa shape index (κ3) is 4.98. The number of carbonyl (C=O) groups excluding carboxylic acids is 1. The first-order valence-corrected chi connectivity index (χ1v) is 12.9. The van der Waals surface area contributed by atoms with Gasteiger partial charge in [-0.2, -0.15) is 13.1 Å². The van der Waals surface area contributed by atoms with Gasteiger partial charge in [0.1, 0.15) is 9.96 Å². The lowest BCUT2D eigenvalue weighted by atomic mass is 9.99. The van der Waals surface area contributed by atoms with Gasteiger partial charge in [0.25, 0.3) is 10.0 Å². The van der Waals surface area contributed by atoms with Gasteiger partial charge >= 0.3 is 6.61 Å². The Labute approximate surface area is 191 Å². The van der Waals surface area contributed by atoms with Gasteiger partial charge in [0.2, 0.25) is 5.91 Å². The topological polar surface area (TPSA) is 88.6 Å². The Kier molecular flexibility index (Phi) is 6.84. The summed E-state index contributed by atoms with van der Waals surface area (Å²) in [5.74, 6) is -0.846. The Hall–Kier alpha value is -2.41. The second kappa shape index (κ2) is 9.61. The summed E-state index contributed by atoms with van der Waals surface area (Å²) >= 11 is 2.30. The quantitative estimate of drug-likeness (QED) is 0.517. The van der Waals surface area contributed by atoms with E-state index in [0.29, 0.717) is 35.8 Å². The Morgan fingerprint density at radius 3 is 2.78 bits per heavy atom. The molecule has 1 aromatic carbocycles. The molecule has 3 heterocycles. The average Bonchev–Trinajstić information content (AvgIpc) is 3.47. The minimum Gasteiger partial charge on any atom is -0.434 e. The van der Waals surface area contributed by atoms with Gasteiger partial charge in [-0.05, 0) is 36.4 Å². The van der Waals surface area contributed by atoms with Crippen molar-refractivity contribution >= 4 is 43.7 Å². The van der Waals surface area contributed by atoms with Gasteiger partial charge in [0.05, 0.1) is 11.6 Å². The maximum atomic E-state index is 12.8. The third-order valence-corrected chi connectivity index (χ3v) is 8.95. The predicted octanol–water partition coefficient (Wildman–Crippen LogP) is 4.51. The minimum absolute atomic E-state index is 0.00705. The monoisotopic (exact) mass is 499 g/mol. The number of halogens is 2. The molecule has 1 aliphatic rings. The Balaban J connectivity index is 1.45. The van der Waals surface area contributed by atoms with Crippen molar-refractivity contribution in [3.8, 4) is 17.0 Å². The predicted molar refractivity (Wildman–Crippen MR) is 119 cm³/mol. The van der Waals surface area contributed by atoms with Crippen molar-refractivity contribution in [2.24, 2.45) is 5.92 Å². The lowest BCUT2D eigenvalue weighted by Gasteiger charge is -2.30. The maximum absolute atomic E-state index is 12.8. The molecule has 0 saturated carbocycles. The molecule has 1 fully saturated rings. The second-order valence-electron chi connectivity index (χ2n) is 7.04. The summed E-state index contributed by atoms with van der Waals surface area (Å²) in [6.45, 7) is -2.50. The van der Waals surface area contributed by atoms with Gasteiger partial charge in [-0.1, -0.05) is 18.2 Å². The Bertz CT molecular complexity index is 1180. The van der Waals surface area contributed by atoms with Crippen molar-refractivity contribution in [3.63, 3.8) is 0 Å². The molecule has 0 spiro atoms. The number of aromatic nitrogens is 1. The molecule has 0 bridgehead atoms. The van der Waals surface area contributed by atoms with Crippen LogP contribution in [0.1, 0.15) is 12.8 Å². The maximum Gasteiger partial charge on any atom is 0.387 e. The lowest BCUT2D eigenvalue weighted by Crippen LogP contribution is -2.43. The van der Waals surface area contributed by atoms with E-state index < -0.39 is 22.6 Å². The van der Waals surface area contributed by atoms with Crippen LogP contribution in [0.15, 0.2) is 51.4 Å². The van der Waals surface area contributed by atoms with Crippen molar-refractivity contribution in [1.29, 1.82) is 0 Å². The number of anilines is 1. The SMILES string of the molecule is O=C(Nc1nc(-c2ccccc2OC(F)F)cs1)C1CCCN(S(=O)(=O)c2cccs2)C1. The van der Waals surface area contributed by atoms with Crippen LogP contribution in [0.2, 0.25) is 0 Å². The van der Waals surface area contributed by atoms with Crippen LogP contribution in [0.4, 0.5) is 13.9 Å². The third-order valence-electron chi connectivity index (χ3n) is 4.96. The number of ether oxygens (including phenoxy) is 1. The van der Waals surface area contributed by atoms with E-state index in [1.165, 1.54) is 10.4 Å². The zero-order valence-electron chi connectivity index (χ0n) is 16.6. The fourth-order valence-electron chi connectivity index (χ4n) is 3.45. The highest BCUT2D eigenvalue weighted by Crippen LogP contribution is 2.33. The molecule has 1 amide bonds. The number of hydrogen-bond donors (Lipinski definition) is 1. The smallest absolute Gasteiger partial charge is 0.387 e. The zero-order chi connectivity index (χ0) is 22.7. The van der Waals surface area contributed by atoms with E-state index in [-0.39, 0.29) is 22.4 Å². The average molecular weight is 500 g/mol. The molecule has 7 nitrogen and oxygen atoms in total. The summed E-state index contributed by atoms with van der Waals surface area (Å²) in [4.78, 5) is 17.1. The van der Waals surface area contributed by atoms with E-state index in [1.54, 1.807) is 41.1 Å². The molecule has 0 radical (unpaired) electrons. The van der Waals surface area contributed by atoms with E-state index >= 15 is 0 Å². The van der Waals surface area contributed by atoms with Gasteiger partial charge in [0.15, 0.2) is 5.13 Å². The number of para-hydroxylation sites is 1. The molecule has 3 aromatic rings. The van der Waals surface area contributed by atoms with E-state index in [9.17, 15) is 22.0 Å². The van der Waals surface area contributed by atoms with Crippen LogP contribution in [0.25, 0.3) is 11.3 Å². The molecule has 32 heavy (non-hydrogen) atoms. The van der Waals surface area contributed by atoms with Gasteiger partial charge in [-0.25, -0.2) is 13.4 Å². The number of hydrogen-bond acceptors (Lipinski definition) is 7. The highest BCUT2D eigenvalue weighted by Gasteiger charge is 2.34. The molecule has 2 aromatic heterocycles. The number of sulfonamides is 1. The molecule has 4 rings (SSSR count). The normalized spacial score (nSPS) is 17.4. The van der Waals surface area contributed by atoms with Crippen molar-refractivity contribution in [3.05, 3.63) is 47.2 Å². The number of carbonyl (C=O) groups is 1. The van der Waals surface area contributed by atoms with E-state index in [4.69, 9.17) is 0 Å². The second-order valence-corrected chi connectivity index (χ2v) is 11.0. The number of nitrogens with one attached hydrogen (secondary N) is 1. The standard InChI is InChI=1S/C20H19F2N3O4S3/c21-19(22)29-16-7-2-1-6-14(16)15-12-31-20(23-15)24-18(26)13-5-3-9-25(11-13)32(27,28)17-8-4-10-30-17/h1-2,4,6-8,10,12-13,19H,3,5,9,11H2,(H,23,24,26). The van der Waals surface area contributed by atoms with Crippen molar-refractivity contribution < 1.29 is 26.7 Å². The lowest BCUT2D eigenvalue weighted by molar-refractivity contribution is -0.120. The molecule has 1 aliphatic heterocycles. The molecule has 170 valence electrons. The summed E-state index contributed by atoms with van der Waals surface area (Å²) in [6.07, 6.45) is 1.13. The molecule has 12 heteroatoms. The number of thiazole rings is 1. The van der Waals surface area contributed by atoms with Crippen LogP contribution in [-0.2, 0) is 14.8 Å². The summed E-state index contributed by atoms with van der Waals surface area (Å²) in [7, 11) is -3.62. The van der Waals surface area contributed by atoms with Crippen LogP contribution >= 0.6 is 22.7 Å². The van der Waals surface area contributed by atoms with Crippen LogP contribution in [-0.4, -0.2) is 43.3 Å². The van der Waals surface area contributed by atoms with E-state index in [0.717, 1.165) is 22.7 Å². The van der Waals surface area contributed by atoms with Gasteiger partial charge in [-0.3, -0.25) is 4.79 Å². The highest BCUT2D eigenvalue weighted by atomic mass is 32.2. The highest BCUT2D eigenvalue weighted by molar-refractivity contribution is 7.91. The van der Waals surface area contributed by atoms with Crippen LogP contribution in [0.3, 0.4) is 0 Å². The van der Waals surface area contributed by atoms with Crippen LogP contribution in [0.5, 0.6) is 5.75 Å². The number of amides is 1.